The Bertz CT molecular complexity index is 907. The van der Waals surface area contributed by atoms with E-state index in [-0.39, 0.29) is 30.0 Å². The summed E-state index contributed by atoms with van der Waals surface area (Å²) in [7, 11) is 0. The molecular weight excluding hydrogens is 475 g/mol. The summed E-state index contributed by atoms with van der Waals surface area (Å²) in [6.07, 6.45) is 8.37. The Kier molecular flexibility index (Phi) is 9.11. The molecule has 2 heterocycles. The zero-order valence-corrected chi connectivity index (χ0v) is 19.5. The van der Waals surface area contributed by atoms with E-state index in [0.717, 1.165) is 31.2 Å². The average molecular weight is 504 g/mol. The van der Waals surface area contributed by atoms with E-state index in [2.05, 4.69) is 71.8 Å². The fraction of sp³-hybridized carbons (Fsp3) is 0.318. The fourth-order valence-corrected chi connectivity index (χ4v) is 3.04. The molecule has 0 bridgehead atoms. The van der Waals surface area contributed by atoms with Crippen molar-refractivity contribution in [2.45, 2.75) is 33.2 Å². The van der Waals surface area contributed by atoms with Crippen LogP contribution in [-0.4, -0.2) is 33.8 Å². The van der Waals surface area contributed by atoms with Crippen molar-refractivity contribution in [3.05, 3.63) is 77.9 Å². The van der Waals surface area contributed by atoms with Gasteiger partial charge in [-0.3, -0.25) is 9.98 Å². The van der Waals surface area contributed by atoms with Crippen LogP contribution in [0.2, 0.25) is 0 Å². The lowest BCUT2D eigenvalue weighted by molar-refractivity contribution is 0.684. The molecule has 2 N–H and O–H groups in total. The highest BCUT2D eigenvalue weighted by molar-refractivity contribution is 14.0. The molecule has 7 heteroatoms. The number of aryl methyl sites for hydroxylation is 1. The van der Waals surface area contributed by atoms with Crippen LogP contribution in [-0.2, 0) is 6.42 Å². The normalized spacial score (nSPS) is 12.2. The first kappa shape index (κ1) is 22.9. The van der Waals surface area contributed by atoms with E-state index in [1.807, 2.05) is 29.3 Å². The lowest BCUT2D eigenvalue weighted by Crippen LogP contribution is -2.38. The minimum atomic E-state index is 0. The van der Waals surface area contributed by atoms with Crippen LogP contribution in [0.5, 0.6) is 0 Å². The molecular formula is C22H29IN6. The first-order valence-electron chi connectivity index (χ1n) is 9.71. The number of hydrogen-bond donors (Lipinski definition) is 2. The maximum absolute atomic E-state index is 4.74. The molecule has 3 rings (SSSR count). The topological polar surface area (TPSA) is 67.1 Å². The van der Waals surface area contributed by atoms with Crippen LogP contribution in [0.3, 0.4) is 0 Å². The molecule has 2 aromatic heterocycles. The largest absolute Gasteiger partial charge is 0.357 e. The van der Waals surface area contributed by atoms with Gasteiger partial charge in [0.2, 0.25) is 0 Å². The Morgan fingerprint density at radius 3 is 2.79 bits per heavy atom. The van der Waals surface area contributed by atoms with Crippen LogP contribution in [0.1, 0.15) is 36.6 Å². The van der Waals surface area contributed by atoms with Crippen molar-refractivity contribution in [2.75, 3.05) is 13.1 Å². The van der Waals surface area contributed by atoms with Crippen LogP contribution >= 0.6 is 24.0 Å². The minimum Gasteiger partial charge on any atom is -0.357 e. The number of aliphatic imine (C=N–C) groups is 1. The molecule has 6 nitrogen and oxygen atoms in total. The number of nitrogens with one attached hydrogen (secondary N) is 2. The zero-order chi connectivity index (χ0) is 19.8. The molecule has 1 aromatic carbocycles. The molecule has 0 spiro atoms. The molecule has 1 unspecified atom stereocenters. The Morgan fingerprint density at radius 2 is 2.07 bits per heavy atom. The summed E-state index contributed by atoms with van der Waals surface area (Å²) in [5, 5.41) is 11.1. The highest BCUT2D eigenvalue weighted by Gasteiger charge is 2.09. The van der Waals surface area contributed by atoms with Gasteiger partial charge >= 0.3 is 0 Å². The minimum absolute atomic E-state index is 0. The van der Waals surface area contributed by atoms with Crippen molar-refractivity contribution in [3.8, 4) is 5.69 Å². The summed E-state index contributed by atoms with van der Waals surface area (Å²) >= 11 is 0. The molecule has 154 valence electrons. The second-order valence-corrected chi connectivity index (χ2v) is 6.72. The number of rotatable bonds is 7. The van der Waals surface area contributed by atoms with Gasteiger partial charge in [-0.05, 0) is 68.1 Å². The van der Waals surface area contributed by atoms with E-state index >= 15 is 0 Å². The Morgan fingerprint density at radius 1 is 1.21 bits per heavy atom. The summed E-state index contributed by atoms with van der Waals surface area (Å²) in [6, 6.07) is 12.5. The van der Waals surface area contributed by atoms with E-state index < -0.39 is 0 Å². The third kappa shape index (κ3) is 6.56. The number of guanidine groups is 1. The first-order chi connectivity index (χ1) is 13.7. The number of nitrogens with zero attached hydrogens (tertiary/aromatic N) is 4. The number of aromatic nitrogens is 3. The molecule has 0 amide bonds. The Balaban J connectivity index is 0.00000300. The maximum atomic E-state index is 4.74. The van der Waals surface area contributed by atoms with Gasteiger partial charge < -0.3 is 10.6 Å². The molecule has 0 aliphatic heterocycles. The third-order valence-corrected chi connectivity index (χ3v) is 4.62. The van der Waals surface area contributed by atoms with Crippen LogP contribution in [0.4, 0.5) is 0 Å². The molecule has 0 aliphatic rings. The second kappa shape index (κ2) is 11.5. The van der Waals surface area contributed by atoms with E-state index in [9.17, 15) is 0 Å². The van der Waals surface area contributed by atoms with E-state index in [1.165, 1.54) is 16.7 Å². The van der Waals surface area contributed by atoms with Gasteiger partial charge in [-0.2, -0.15) is 5.10 Å². The number of benzene rings is 1. The summed E-state index contributed by atoms with van der Waals surface area (Å²) in [4.78, 5) is 8.89. The molecule has 0 saturated carbocycles. The van der Waals surface area contributed by atoms with Gasteiger partial charge in [0.1, 0.15) is 0 Å². The lowest BCUT2D eigenvalue weighted by atomic mass is 10.1. The quantitative estimate of drug-likeness (QED) is 0.290. The lowest BCUT2D eigenvalue weighted by Gasteiger charge is -2.19. The van der Waals surface area contributed by atoms with Crippen molar-refractivity contribution in [3.63, 3.8) is 0 Å². The molecule has 29 heavy (non-hydrogen) atoms. The number of halogens is 1. The van der Waals surface area contributed by atoms with Crippen molar-refractivity contribution in [1.82, 2.24) is 25.4 Å². The van der Waals surface area contributed by atoms with Gasteiger partial charge in [0.05, 0.1) is 11.7 Å². The Labute approximate surface area is 189 Å². The summed E-state index contributed by atoms with van der Waals surface area (Å²) in [6.45, 7) is 7.85. The Hall–Kier alpha value is -2.42. The molecule has 0 aliphatic carbocycles. The molecule has 1 atom stereocenters. The van der Waals surface area contributed by atoms with Crippen molar-refractivity contribution in [1.29, 1.82) is 0 Å². The summed E-state index contributed by atoms with van der Waals surface area (Å²) in [5.41, 5.74) is 4.73. The SMILES string of the molecule is CCNC(=NCCc1ccncc1C)NC(C)c1cccc(-n2cccn2)c1.I. The van der Waals surface area contributed by atoms with Crippen molar-refractivity contribution >= 4 is 29.9 Å². The smallest absolute Gasteiger partial charge is 0.191 e. The van der Waals surface area contributed by atoms with Gasteiger partial charge in [0.25, 0.3) is 0 Å². The van der Waals surface area contributed by atoms with Gasteiger partial charge in [0.15, 0.2) is 5.96 Å². The van der Waals surface area contributed by atoms with Crippen molar-refractivity contribution in [2.24, 2.45) is 4.99 Å². The van der Waals surface area contributed by atoms with Crippen LogP contribution < -0.4 is 10.6 Å². The standard InChI is InChI=1S/C22H28N6.HI/c1-4-24-22(25-13-10-19-9-12-23-16-17(19)2)27-18(3)20-7-5-8-21(15-20)28-14-6-11-26-28;/h5-9,11-12,14-16,18H,4,10,13H2,1-3H3,(H2,24,25,27);1H. The number of hydrogen-bond acceptors (Lipinski definition) is 3. The maximum Gasteiger partial charge on any atom is 0.191 e. The summed E-state index contributed by atoms with van der Waals surface area (Å²) < 4.78 is 1.87. The van der Waals surface area contributed by atoms with Gasteiger partial charge in [0, 0.05) is 37.9 Å². The molecule has 0 radical (unpaired) electrons. The highest BCUT2D eigenvalue weighted by Crippen LogP contribution is 2.16. The first-order valence-corrected chi connectivity index (χ1v) is 9.71. The van der Waals surface area contributed by atoms with Gasteiger partial charge in [-0.1, -0.05) is 12.1 Å². The van der Waals surface area contributed by atoms with Gasteiger partial charge in [-0.15, -0.1) is 24.0 Å². The van der Waals surface area contributed by atoms with Crippen LogP contribution in [0, 0.1) is 6.92 Å². The third-order valence-electron chi connectivity index (χ3n) is 4.62. The van der Waals surface area contributed by atoms with Crippen LogP contribution in [0.25, 0.3) is 5.69 Å². The fourth-order valence-electron chi connectivity index (χ4n) is 3.04. The summed E-state index contributed by atoms with van der Waals surface area (Å²) in [5.74, 6) is 0.825. The molecule has 0 saturated heterocycles. The van der Waals surface area contributed by atoms with E-state index in [0.29, 0.717) is 0 Å². The van der Waals surface area contributed by atoms with E-state index in [4.69, 9.17) is 4.99 Å². The zero-order valence-electron chi connectivity index (χ0n) is 17.2. The average Bonchev–Trinajstić information content (AvgIpc) is 3.24. The monoisotopic (exact) mass is 504 g/mol. The highest BCUT2D eigenvalue weighted by atomic mass is 127. The predicted octanol–water partition coefficient (Wildman–Crippen LogP) is 4.05. The van der Waals surface area contributed by atoms with Crippen LogP contribution in [0.15, 0.2) is 66.2 Å². The van der Waals surface area contributed by atoms with E-state index in [1.54, 1.807) is 6.20 Å². The van der Waals surface area contributed by atoms with Gasteiger partial charge in [-0.25, -0.2) is 4.68 Å². The molecule has 0 fully saturated rings. The van der Waals surface area contributed by atoms with Crippen molar-refractivity contribution < 1.29 is 0 Å². The second-order valence-electron chi connectivity index (χ2n) is 6.72. The molecule has 3 aromatic rings. The number of pyridine rings is 1. The predicted molar refractivity (Wildman–Crippen MR) is 129 cm³/mol.